The summed E-state index contributed by atoms with van der Waals surface area (Å²) in [6.45, 7) is 10.2. The van der Waals surface area contributed by atoms with Gasteiger partial charge in [-0.3, -0.25) is 14.3 Å². The molecule has 144 valence electrons. The maximum atomic E-state index is 13.2. The predicted molar refractivity (Wildman–Crippen MR) is 101 cm³/mol. The smallest absolute Gasteiger partial charge is 0.272 e. The number of nitrogens with zero attached hydrogens (tertiary/aromatic N) is 3. The summed E-state index contributed by atoms with van der Waals surface area (Å²) in [7, 11) is 0. The molecule has 3 rings (SSSR count). The van der Waals surface area contributed by atoms with Crippen LogP contribution in [0.1, 0.15) is 81.9 Å². The van der Waals surface area contributed by atoms with Crippen LogP contribution < -0.4 is 5.32 Å². The molecule has 1 atom stereocenters. The van der Waals surface area contributed by atoms with E-state index in [9.17, 15) is 9.59 Å². The summed E-state index contributed by atoms with van der Waals surface area (Å²) in [6, 6.07) is 1.98. The molecule has 0 bridgehead atoms. The molecule has 1 saturated carbocycles. The molecule has 1 N–H and O–H groups in total. The van der Waals surface area contributed by atoms with E-state index in [1.807, 2.05) is 22.6 Å². The molecular formula is C20H32N4O2. The van der Waals surface area contributed by atoms with Crippen LogP contribution in [0.5, 0.6) is 0 Å². The highest BCUT2D eigenvalue weighted by Crippen LogP contribution is 2.40. The third-order valence-electron chi connectivity index (χ3n) is 5.21. The minimum atomic E-state index is -0.244. The zero-order valence-electron chi connectivity index (χ0n) is 16.5. The molecule has 2 amide bonds. The number of amides is 2. The second-order valence-electron chi connectivity index (χ2n) is 8.69. The van der Waals surface area contributed by atoms with Crippen LogP contribution in [-0.2, 0) is 10.3 Å². The van der Waals surface area contributed by atoms with E-state index < -0.39 is 0 Å². The highest BCUT2D eigenvalue weighted by Gasteiger charge is 2.34. The topological polar surface area (TPSA) is 67.2 Å². The fourth-order valence-electron chi connectivity index (χ4n) is 3.57. The summed E-state index contributed by atoms with van der Waals surface area (Å²) in [4.78, 5) is 27.4. The van der Waals surface area contributed by atoms with E-state index in [0.29, 0.717) is 31.2 Å². The van der Waals surface area contributed by atoms with Gasteiger partial charge in [-0.15, -0.1) is 0 Å². The minimum Gasteiger partial charge on any atom is -0.356 e. The molecule has 2 aliphatic rings. The molecule has 6 heteroatoms. The Hall–Kier alpha value is -1.85. The summed E-state index contributed by atoms with van der Waals surface area (Å²) in [6.07, 6.45) is 4.98. The molecular weight excluding hydrogens is 328 g/mol. The van der Waals surface area contributed by atoms with Gasteiger partial charge in [-0.1, -0.05) is 6.92 Å². The Balaban J connectivity index is 1.77. The Bertz CT molecular complexity index is 670. The lowest BCUT2D eigenvalue weighted by Gasteiger charge is -2.33. The highest BCUT2D eigenvalue weighted by atomic mass is 16.2. The normalized spacial score (nSPS) is 20.9. The molecule has 1 aromatic heterocycles. The fraction of sp³-hybridized carbons (Fsp3) is 0.750. The van der Waals surface area contributed by atoms with Crippen molar-refractivity contribution in [2.24, 2.45) is 5.92 Å². The van der Waals surface area contributed by atoms with Gasteiger partial charge in [0.25, 0.3) is 5.91 Å². The van der Waals surface area contributed by atoms with Crippen molar-refractivity contribution in [3.63, 3.8) is 0 Å². The minimum absolute atomic E-state index is 0.00677. The Kier molecular flexibility index (Phi) is 5.39. The molecule has 0 radical (unpaired) electrons. The standard InChI is InChI=1S/C20H32N4O2/c1-5-10-21-18(25)15-7-6-11-23(13-15)19(26)17-12-16(14-8-9-14)22-24(17)20(2,3)4/h12,14-15H,5-11,13H2,1-4H3,(H,21,25). The molecule has 1 unspecified atom stereocenters. The number of carbonyl (C=O) groups excluding carboxylic acids is 2. The van der Waals surface area contributed by atoms with Crippen LogP contribution in [0.4, 0.5) is 0 Å². The average molecular weight is 361 g/mol. The van der Waals surface area contributed by atoms with E-state index in [2.05, 4.69) is 26.1 Å². The zero-order chi connectivity index (χ0) is 18.9. The quantitative estimate of drug-likeness (QED) is 0.878. The van der Waals surface area contributed by atoms with E-state index in [0.717, 1.165) is 37.8 Å². The molecule has 1 aromatic rings. The number of rotatable bonds is 5. The summed E-state index contributed by atoms with van der Waals surface area (Å²) in [5.74, 6) is 0.493. The summed E-state index contributed by atoms with van der Waals surface area (Å²) in [5.41, 5.74) is 1.46. The van der Waals surface area contributed by atoms with Crippen molar-refractivity contribution < 1.29 is 9.59 Å². The number of carbonyl (C=O) groups is 2. The Labute approximate surface area is 156 Å². The second kappa shape index (κ2) is 7.41. The van der Waals surface area contributed by atoms with Crippen molar-refractivity contribution in [1.82, 2.24) is 20.0 Å². The third kappa shape index (κ3) is 4.10. The van der Waals surface area contributed by atoms with Gasteiger partial charge < -0.3 is 10.2 Å². The lowest BCUT2D eigenvalue weighted by molar-refractivity contribution is -0.126. The SMILES string of the molecule is CCCNC(=O)C1CCCN(C(=O)c2cc(C3CC3)nn2C(C)(C)C)C1. The number of piperidine rings is 1. The van der Waals surface area contributed by atoms with Crippen LogP contribution in [-0.4, -0.2) is 46.1 Å². The molecule has 26 heavy (non-hydrogen) atoms. The first-order valence-corrected chi connectivity index (χ1v) is 9.98. The van der Waals surface area contributed by atoms with Gasteiger partial charge >= 0.3 is 0 Å². The fourth-order valence-corrected chi connectivity index (χ4v) is 3.57. The van der Waals surface area contributed by atoms with Gasteiger partial charge in [-0.25, -0.2) is 0 Å². The third-order valence-corrected chi connectivity index (χ3v) is 5.21. The monoisotopic (exact) mass is 360 g/mol. The maximum absolute atomic E-state index is 13.2. The average Bonchev–Trinajstić information content (AvgIpc) is 3.36. The predicted octanol–water partition coefficient (Wildman–Crippen LogP) is 2.89. The largest absolute Gasteiger partial charge is 0.356 e. The van der Waals surface area contributed by atoms with Crippen LogP contribution in [0.25, 0.3) is 0 Å². The van der Waals surface area contributed by atoms with Gasteiger partial charge in [-0.05, 0) is 58.9 Å². The van der Waals surface area contributed by atoms with E-state index in [1.54, 1.807) is 0 Å². The summed E-state index contributed by atoms with van der Waals surface area (Å²) < 4.78 is 1.88. The molecule has 0 spiro atoms. The highest BCUT2D eigenvalue weighted by molar-refractivity contribution is 5.93. The van der Waals surface area contributed by atoms with E-state index in [4.69, 9.17) is 5.10 Å². The van der Waals surface area contributed by atoms with Crippen LogP contribution in [0.15, 0.2) is 6.07 Å². The van der Waals surface area contributed by atoms with E-state index in [1.165, 1.54) is 0 Å². The van der Waals surface area contributed by atoms with Gasteiger partial charge in [0.05, 0.1) is 17.2 Å². The lowest BCUT2D eigenvalue weighted by Crippen LogP contribution is -2.46. The first kappa shape index (κ1) is 18.9. The molecule has 1 saturated heterocycles. The summed E-state index contributed by atoms with van der Waals surface area (Å²) >= 11 is 0. The Morgan fingerprint density at radius 3 is 2.62 bits per heavy atom. The van der Waals surface area contributed by atoms with E-state index >= 15 is 0 Å². The number of likely N-dealkylation sites (tertiary alicyclic amines) is 1. The van der Waals surface area contributed by atoms with Gasteiger partial charge in [0.15, 0.2) is 0 Å². The number of hydrogen-bond donors (Lipinski definition) is 1. The van der Waals surface area contributed by atoms with Crippen molar-refractivity contribution >= 4 is 11.8 Å². The maximum Gasteiger partial charge on any atom is 0.272 e. The zero-order valence-corrected chi connectivity index (χ0v) is 16.5. The Morgan fingerprint density at radius 2 is 2.00 bits per heavy atom. The van der Waals surface area contributed by atoms with Crippen LogP contribution in [0.2, 0.25) is 0 Å². The van der Waals surface area contributed by atoms with Gasteiger partial charge in [0.2, 0.25) is 5.91 Å². The number of nitrogens with one attached hydrogen (secondary N) is 1. The second-order valence-corrected chi connectivity index (χ2v) is 8.69. The molecule has 1 aliphatic carbocycles. The molecule has 2 heterocycles. The van der Waals surface area contributed by atoms with Crippen molar-refractivity contribution in [1.29, 1.82) is 0 Å². The first-order valence-electron chi connectivity index (χ1n) is 9.98. The van der Waals surface area contributed by atoms with E-state index in [-0.39, 0.29) is 23.3 Å². The van der Waals surface area contributed by atoms with Gasteiger partial charge in [-0.2, -0.15) is 5.10 Å². The first-order chi connectivity index (χ1) is 12.3. The van der Waals surface area contributed by atoms with Crippen molar-refractivity contribution in [3.8, 4) is 0 Å². The molecule has 0 aromatic carbocycles. The Morgan fingerprint density at radius 1 is 1.27 bits per heavy atom. The van der Waals surface area contributed by atoms with Crippen LogP contribution in [0.3, 0.4) is 0 Å². The molecule has 2 fully saturated rings. The van der Waals surface area contributed by atoms with Crippen molar-refractivity contribution in [2.75, 3.05) is 19.6 Å². The van der Waals surface area contributed by atoms with Gasteiger partial charge in [0.1, 0.15) is 5.69 Å². The van der Waals surface area contributed by atoms with Crippen molar-refractivity contribution in [2.45, 2.75) is 71.3 Å². The molecule has 1 aliphatic heterocycles. The number of aromatic nitrogens is 2. The van der Waals surface area contributed by atoms with Gasteiger partial charge in [0, 0.05) is 25.6 Å². The number of hydrogen-bond acceptors (Lipinski definition) is 3. The lowest BCUT2D eigenvalue weighted by atomic mass is 9.96. The van der Waals surface area contributed by atoms with Crippen LogP contribution in [0, 0.1) is 5.92 Å². The van der Waals surface area contributed by atoms with Crippen LogP contribution >= 0.6 is 0 Å². The summed E-state index contributed by atoms with van der Waals surface area (Å²) in [5, 5.41) is 7.71. The van der Waals surface area contributed by atoms with Crippen molar-refractivity contribution in [3.05, 3.63) is 17.5 Å². The molecule has 6 nitrogen and oxygen atoms in total.